The molecule has 0 radical (unpaired) electrons. The third-order valence-electron chi connectivity index (χ3n) is 5.49. The quantitative estimate of drug-likeness (QED) is 0.679. The third kappa shape index (κ3) is 5.95. The number of nitrogens with zero attached hydrogens (tertiary/aromatic N) is 1. The van der Waals surface area contributed by atoms with Crippen molar-refractivity contribution in [3.05, 3.63) is 65.2 Å². The minimum absolute atomic E-state index is 0.192. The number of carbonyl (C=O) groups is 3. The van der Waals surface area contributed by atoms with E-state index in [9.17, 15) is 14.4 Å². The van der Waals surface area contributed by atoms with Crippen LogP contribution in [0.5, 0.6) is 0 Å². The summed E-state index contributed by atoms with van der Waals surface area (Å²) in [6, 6.07) is 14.3. The van der Waals surface area contributed by atoms with E-state index in [2.05, 4.69) is 24.5 Å². The number of anilines is 1. The van der Waals surface area contributed by atoms with E-state index < -0.39 is 11.8 Å². The summed E-state index contributed by atoms with van der Waals surface area (Å²) in [5.41, 5.74) is 2.72. The van der Waals surface area contributed by atoms with Crippen molar-refractivity contribution in [3.8, 4) is 0 Å². The molecule has 2 N–H and O–H groups in total. The molecule has 3 rings (SSSR count). The van der Waals surface area contributed by atoms with E-state index in [4.69, 9.17) is 4.74 Å². The second-order valence-electron chi connectivity index (χ2n) is 8.42. The van der Waals surface area contributed by atoms with Gasteiger partial charge in [-0.15, -0.1) is 0 Å². The second-order valence-corrected chi connectivity index (χ2v) is 8.42. The molecule has 1 aliphatic heterocycles. The molecule has 0 unspecified atom stereocenters. The first-order valence-corrected chi connectivity index (χ1v) is 11.0. The van der Waals surface area contributed by atoms with E-state index in [0.717, 1.165) is 11.1 Å². The minimum Gasteiger partial charge on any atom is -0.378 e. The lowest BCUT2D eigenvalue weighted by molar-refractivity contribution is -0.136. The fraction of sp³-hybridized carbons (Fsp3) is 0.400. The smallest absolute Gasteiger partial charge is 0.313 e. The molecule has 0 bridgehead atoms. The number of benzene rings is 2. The van der Waals surface area contributed by atoms with Gasteiger partial charge in [-0.2, -0.15) is 0 Å². The van der Waals surface area contributed by atoms with Crippen molar-refractivity contribution in [1.29, 1.82) is 0 Å². The van der Waals surface area contributed by atoms with E-state index >= 15 is 0 Å². The van der Waals surface area contributed by atoms with Gasteiger partial charge in [0.05, 0.1) is 30.5 Å². The predicted octanol–water partition coefficient (Wildman–Crippen LogP) is 3.31. The molecule has 170 valence electrons. The highest BCUT2D eigenvalue weighted by molar-refractivity contribution is 6.40. The first-order valence-electron chi connectivity index (χ1n) is 11.0. The summed E-state index contributed by atoms with van der Waals surface area (Å²) in [5.74, 6) is -1.39. The third-order valence-corrected chi connectivity index (χ3v) is 5.49. The van der Waals surface area contributed by atoms with Crippen molar-refractivity contribution in [2.24, 2.45) is 5.92 Å². The summed E-state index contributed by atoms with van der Waals surface area (Å²) in [4.78, 5) is 40.1. The Bertz CT molecular complexity index is 967. The molecule has 1 saturated heterocycles. The maximum Gasteiger partial charge on any atom is 0.313 e. The molecule has 0 aliphatic carbocycles. The molecule has 1 atom stereocenters. The Hall–Kier alpha value is -3.19. The number of amides is 3. The van der Waals surface area contributed by atoms with Gasteiger partial charge in [0.15, 0.2) is 0 Å². The molecule has 1 fully saturated rings. The number of ether oxygens (including phenoxy) is 1. The Kier molecular flexibility index (Phi) is 8.00. The van der Waals surface area contributed by atoms with Crippen LogP contribution in [0.1, 0.15) is 47.8 Å². The van der Waals surface area contributed by atoms with Crippen molar-refractivity contribution in [3.63, 3.8) is 0 Å². The fourth-order valence-corrected chi connectivity index (χ4v) is 3.83. The van der Waals surface area contributed by atoms with E-state index in [1.807, 2.05) is 31.2 Å². The molecular weight excluding hydrogens is 406 g/mol. The van der Waals surface area contributed by atoms with Crippen LogP contribution in [-0.2, 0) is 14.3 Å². The van der Waals surface area contributed by atoms with Gasteiger partial charge in [-0.3, -0.25) is 14.4 Å². The number of carbonyl (C=O) groups excluding carboxylic acids is 3. The van der Waals surface area contributed by atoms with Gasteiger partial charge in [-0.05, 0) is 42.5 Å². The number of rotatable bonds is 6. The van der Waals surface area contributed by atoms with Crippen LogP contribution < -0.4 is 10.6 Å². The first-order chi connectivity index (χ1) is 15.4. The number of nitrogens with one attached hydrogen (secondary N) is 2. The number of para-hydroxylation sites is 1. The summed E-state index contributed by atoms with van der Waals surface area (Å²) >= 11 is 0. The van der Waals surface area contributed by atoms with Crippen molar-refractivity contribution in [2.75, 3.05) is 31.6 Å². The molecule has 1 aliphatic rings. The van der Waals surface area contributed by atoms with Gasteiger partial charge in [0.25, 0.3) is 5.91 Å². The van der Waals surface area contributed by atoms with Gasteiger partial charge in [0, 0.05) is 13.1 Å². The van der Waals surface area contributed by atoms with Crippen LogP contribution in [0.3, 0.4) is 0 Å². The van der Waals surface area contributed by atoms with Crippen LogP contribution in [0.2, 0.25) is 0 Å². The average Bonchev–Trinajstić information content (AvgIpc) is 2.79. The SMILES string of the molecule is Cc1ccccc1[C@H](CC(C)C)NC(=O)C(=O)Nc1ccccc1C(=O)N1CCOCC1. The van der Waals surface area contributed by atoms with Gasteiger partial charge in [-0.25, -0.2) is 0 Å². The van der Waals surface area contributed by atoms with E-state index in [0.29, 0.717) is 49.9 Å². The van der Waals surface area contributed by atoms with Crippen LogP contribution in [-0.4, -0.2) is 48.9 Å². The maximum atomic E-state index is 12.9. The molecule has 32 heavy (non-hydrogen) atoms. The number of aryl methyl sites for hydroxylation is 1. The molecule has 2 aromatic rings. The average molecular weight is 438 g/mol. The topological polar surface area (TPSA) is 87.7 Å². The molecule has 1 heterocycles. The van der Waals surface area contributed by atoms with Gasteiger partial charge in [0.1, 0.15) is 0 Å². The predicted molar refractivity (Wildman–Crippen MR) is 123 cm³/mol. The number of morpholine rings is 1. The van der Waals surface area contributed by atoms with E-state index in [-0.39, 0.29) is 11.9 Å². The molecule has 2 aromatic carbocycles. The molecule has 7 heteroatoms. The zero-order chi connectivity index (χ0) is 23.1. The lowest BCUT2D eigenvalue weighted by Gasteiger charge is -2.27. The maximum absolute atomic E-state index is 12.9. The van der Waals surface area contributed by atoms with Crippen molar-refractivity contribution < 1.29 is 19.1 Å². The van der Waals surface area contributed by atoms with Crippen molar-refractivity contribution >= 4 is 23.4 Å². The Morgan fingerprint density at radius 2 is 1.62 bits per heavy atom. The normalized spacial score (nSPS) is 14.7. The molecular formula is C25H31N3O4. The summed E-state index contributed by atoms with van der Waals surface area (Å²) in [6.07, 6.45) is 0.704. The van der Waals surface area contributed by atoms with Crippen LogP contribution in [0, 0.1) is 12.8 Å². The Labute approximate surface area is 189 Å². The van der Waals surface area contributed by atoms with E-state index in [1.54, 1.807) is 29.2 Å². The van der Waals surface area contributed by atoms with Crippen LogP contribution in [0.4, 0.5) is 5.69 Å². The van der Waals surface area contributed by atoms with Crippen LogP contribution in [0.25, 0.3) is 0 Å². The Morgan fingerprint density at radius 1 is 0.969 bits per heavy atom. The van der Waals surface area contributed by atoms with Gasteiger partial charge < -0.3 is 20.3 Å². The van der Waals surface area contributed by atoms with Gasteiger partial charge in [-0.1, -0.05) is 50.2 Å². The standard InChI is InChI=1S/C25H31N3O4/c1-17(2)16-22(19-9-5-4-8-18(19)3)27-24(30)23(29)26-21-11-7-6-10-20(21)25(31)28-12-14-32-15-13-28/h4-11,17,22H,12-16H2,1-3H3,(H,26,29)(H,27,30)/t22-/m0/s1. The van der Waals surface area contributed by atoms with E-state index in [1.165, 1.54) is 0 Å². The molecule has 3 amide bonds. The van der Waals surface area contributed by atoms with Crippen molar-refractivity contribution in [1.82, 2.24) is 10.2 Å². The van der Waals surface area contributed by atoms with Gasteiger partial charge in [0.2, 0.25) is 0 Å². The highest BCUT2D eigenvalue weighted by Crippen LogP contribution is 2.24. The zero-order valence-corrected chi connectivity index (χ0v) is 18.9. The highest BCUT2D eigenvalue weighted by atomic mass is 16.5. The largest absolute Gasteiger partial charge is 0.378 e. The van der Waals surface area contributed by atoms with Crippen molar-refractivity contribution in [2.45, 2.75) is 33.2 Å². The second kappa shape index (κ2) is 10.9. The summed E-state index contributed by atoms with van der Waals surface area (Å²) in [5, 5.41) is 5.50. The fourth-order valence-electron chi connectivity index (χ4n) is 3.83. The lowest BCUT2D eigenvalue weighted by atomic mass is 9.94. The molecule has 0 spiro atoms. The Balaban J connectivity index is 1.73. The number of hydrogen-bond donors (Lipinski definition) is 2. The van der Waals surface area contributed by atoms with Crippen LogP contribution >= 0.6 is 0 Å². The summed E-state index contributed by atoms with van der Waals surface area (Å²) in [6.45, 7) is 8.10. The zero-order valence-electron chi connectivity index (χ0n) is 18.9. The van der Waals surface area contributed by atoms with Gasteiger partial charge >= 0.3 is 11.8 Å². The molecule has 7 nitrogen and oxygen atoms in total. The molecule has 0 saturated carbocycles. The highest BCUT2D eigenvalue weighted by Gasteiger charge is 2.25. The number of hydrogen-bond acceptors (Lipinski definition) is 4. The summed E-state index contributed by atoms with van der Waals surface area (Å²) in [7, 11) is 0. The molecule has 0 aromatic heterocycles. The monoisotopic (exact) mass is 437 g/mol. The lowest BCUT2D eigenvalue weighted by Crippen LogP contribution is -2.41. The van der Waals surface area contributed by atoms with Crippen LogP contribution in [0.15, 0.2) is 48.5 Å². The first kappa shape index (κ1) is 23.5. The summed E-state index contributed by atoms with van der Waals surface area (Å²) < 4.78 is 5.30. The minimum atomic E-state index is -0.797. The Morgan fingerprint density at radius 3 is 2.31 bits per heavy atom.